The first-order valence-electron chi connectivity index (χ1n) is 7.18. The van der Waals surface area contributed by atoms with Crippen molar-refractivity contribution in [3.8, 4) is 0 Å². The van der Waals surface area contributed by atoms with Gasteiger partial charge < -0.3 is 15.0 Å². The molecule has 3 rings (SSSR count). The van der Waals surface area contributed by atoms with E-state index in [0.29, 0.717) is 6.42 Å². The molecule has 1 fully saturated rings. The number of para-hydroxylation sites is 1. The third kappa shape index (κ3) is 3.70. The number of H-pyrrole nitrogens is 1. The van der Waals surface area contributed by atoms with Crippen molar-refractivity contribution in [3.63, 3.8) is 0 Å². The van der Waals surface area contributed by atoms with Crippen molar-refractivity contribution in [1.82, 2.24) is 10.3 Å². The number of ether oxygens (including phenoxy) is 1. The fourth-order valence-corrected chi connectivity index (χ4v) is 4.24. The number of aromatic amines is 1. The molecule has 1 aliphatic heterocycles. The number of nitrogens with one attached hydrogen (secondary N) is 2. The number of rotatable bonds is 4. The number of carbonyl (C=O) groups is 2. The van der Waals surface area contributed by atoms with E-state index in [0.717, 1.165) is 10.9 Å². The van der Waals surface area contributed by atoms with Gasteiger partial charge >= 0.3 is 5.97 Å². The van der Waals surface area contributed by atoms with Crippen molar-refractivity contribution < 1.29 is 22.7 Å². The lowest BCUT2D eigenvalue weighted by Crippen LogP contribution is -2.38. The predicted molar refractivity (Wildman–Crippen MR) is 83.8 cm³/mol. The minimum Gasteiger partial charge on any atom is -0.451 e. The summed E-state index contributed by atoms with van der Waals surface area (Å²) in [6.07, 6.45) is 0.393. The first kappa shape index (κ1) is 15.5. The van der Waals surface area contributed by atoms with Crippen LogP contribution in [0.1, 0.15) is 16.9 Å². The van der Waals surface area contributed by atoms with Crippen molar-refractivity contribution in [2.24, 2.45) is 0 Å². The lowest BCUT2D eigenvalue weighted by atomic mass is 10.2. The highest BCUT2D eigenvalue weighted by atomic mass is 32.2. The number of fused-ring (bicyclic) bond motifs is 1. The smallest absolute Gasteiger partial charge is 0.355 e. The van der Waals surface area contributed by atoms with E-state index >= 15 is 0 Å². The number of benzene rings is 1. The normalized spacial score (nSPS) is 19.6. The maximum Gasteiger partial charge on any atom is 0.355 e. The molecule has 0 spiro atoms. The number of esters is 1. The number of carbonyl (C=O) groups excluding carboxylic acids is 2. The molecule has 0 bridgehead atoms. The van der Waals surface area contributed by atoms with Crippen LogP contribution in [0.4, 0.5) is 0 Å². The molecule has 7 nitrogen and oxygen atoms in total. The van der Waals surface area contributed by atoms with Gasteiger partial charge in [-0.2, -0.15) is 0 Å². The third-order valence-electron chi connectivity index (χ3n) is 3.68. The molecule has 122 valence electrons. The van der Waals surface area contributed by atoms with Gasteiger partial charge in [-0.25, -0.2) is 13.2 Å². The third-order valence-corrected chi connectivity index (χ3v) is 5.45. The highest BCUT2D eigenvalue weighted by Gasteiger charge is 2.29. The predicted octanol–water partition coefficient (Wildman–Crippen LogP) is 0.628. The number of sulfone groups is 1. The summed E-state index contributed by atoms with van der Waals surface area (Å²) in [6, 6.07) is 8.64. The lowest BCUT2D eigenvalue weighted by Gasteiger charge is -2.10. The van der Waals surface area contributed by atoms with Crippen LogP contribution in [0.3, 0.4) is 0 Å². The summed E-state index contributed by atoms with van der Waals surface area (Å²) >= 11 is 0. The SMILES string of the molecule is O=C(COC(=O)c1cc2ccccc2[nH]1)N[C@@H]1CCS(=O)(=O)C1. The van der Waals surface area contributed by atoms with Crippen molar-refractivity contribution in [3.05, 3.63) is 36.0 Å². The molecule has 2 aromatic rings. The first-order valence-corrected chi connectivity index (χ1v) is 9.00. The first-order chi connectivity index (χ1) is 10.9. The topological polar surface area (TPSA) is 105 Å². The molecule has 0 unspecified atom stereocenters. The average Bonchev–Trinajstić information content (AvgIpc) is 3.07. The molecular weight excluding hydrogens is 320 g/mol. The Kier molecular flexibility index (Phi) is 4.08. The Morgan fingerprint density at radius 2 is 2.09 bits per heavy atom. The van der Waals surface area contributed by atoms with E-state index < -0.39 is 34.4 Å². The summed E-state index contributed by atoms with van der Waals surface area (Å²) < 4.78 is 27.6. The fraction of sp³-hybridized carbons (Fsp3) is 0.333. The van der Waals surface area contributed by atoms with Crippen molar-refractivity contribution in [2.45, 2.75) is 12.5 Å². The number of aromatic nitrogens is 1. The molecule has 2 heterocycles. The molecule has 1 aromatic carbocycles. The minimum absolute atomic E-state index is 0.0608. The lowest BCUT2D eigenvalue weighted by molar-refractivity contribution is -0.124. The summed E-state index contributed by atoms with van der Waals surface area (Å²) in [7, 11) is -3.06. The van der Waals surface area contributed by atoms with Crippen LogP contribution in [0, 0.1) is 0 Å². The zero-order valence-electron chi connectivity index (χ0n) is 12.2. The molecule has 0 saturated carbocycles. The number of amides is 1. The van der Waals surface area contributed by atoms with Gasteiger partial charge in [0, 0.05) is 16.9 Å². The van der Waals surface area contributed by atoms with E-state index in [2.05, 4.69) is 10.3 Å². The second kappa shape index (κ2) is 6.04. The van der Waals surface area contributed by atoms with Crippen molar-refractivity contribution in [2.75, 3.05) is 18.1 Å². The molecule has 1 aliphatic rings. The Morgan fingerprint density at radius 3 is 2.78 bits per heavy atom. The maximum atomic E-state index is 11.9. The molecule has 2 N–H and O–H groups in total. The van der Waals surface area contributed by atoms with Crippen LogP contribution in [0.2, 0.25) is 0 Å². The highest BCUT2D eigenvalue weighted by molar-refractivity contribution is 7.91. The second-order valence-electron chi connectivity index (χ2n) is 5.51. The Bertz CT molecular complexity index is 823. The van der Waals surface area contributed by atoms with E-state index in [1.54, 1.807) is 6.07 Å². The quantitative estimate of drug-likeness (QED) is 0.797. The van der Waals surface area contributed by atoms with Gasteiger partial charge in [-0.1, -0.05) is 18.2 Å². The molecule has 1 aromatic heterocycles. The molecule has 0 radical (unpaired) electrons. The van der Waals surface area contributed by atoms with Gasteiger partial charge in [-0.05, 0) is 18.6 Å². The van der Waals surface area contributed by atoms with Crippen LogP contribution in [0.5, 0.6) is 0 Å². The molecule has 8 heteroatoms. The van der Waals surface area contributed by atoms with Crippen LogP contribution in [-0.2, 0) is 19.4 Å². The molecule has 1 amide bonds. The number of hydrogen-bond donors (Lipinski definition) is 2. The fourth-order valence-electron chi connectivity index (χ4n) is 2.57. The Labute approximate surface area is 132 Å². The number of hydrogen-bond acceptors (Lipinski definition) is 5. The van der Waals surface area contributed by atoms with Gasteiger partial charge in [0.1, 0.15) is 5.69 Å². The molecule has 0 aliphatic carbocycles. The van der Waals surface area contributed by atoms with Gasteiger partial charge in [0.15, 0.2) is 16.4 Å². The average molecular weight is 336 g/mol. The molecule has 23 heavy (non-hydrogen) atoms. The van der Waals surface area contributed by atoms with E-state index in [4.69, 9.17) is 4.74 Å². The van der Waals surface area contributed by atoms with Gasteiger partial charge in [-0.3, -0.25) is 4.79 Å². The van der Waals surface area contributed by atoms with Crippen molar-refractivity contribution in [1.29, 1.82) is 0 Å². The standard InChI is InChI=1S/C15H16N2O5S/c18-14(16-11-5-6-23(20,21)9-11)8-22-15(19)13-7-10-3-1-2-4-12(10)17-13/h1-4,7,11,17H,5-6,8-9H2,(H,16,18)/t11-/m1/s1. The Balaban J connectivity index is 1.53. The zero-order valence-corrected chi connectivity index (χ0v) is 13.1. The van der Waals surface area contributed by atoms with Crippen LogP contribution >= 0.6 is 0 Å². The zero-order chi connectivity index (χ0) is 16.4. The van der Waals surface area contributed by atoms with E-state index in [1.165, 1.54) is 0 Å². The molecular formula is C15H16N2O5S. The largest absolute Gasteiger partial charge is 0.451 e. The highest BCUT2D eigenvalue weighted by Crippen LogP contribution is 2.15. The van der Waals surface area contributed by atoms with Gasteiger partial charge in [0.05, 0.1) is 11.5 Å². The summed E-state index contributed by atoms with van der Waals surface area (Å²) in [4.78, 5) is 26.6. The molecule has 1 saturated heterocycles. The van der Waals surface area contributed by atoms with E-state index in [1.807, 2.05) is 24.3 Å². The summed E-state index contributed by atoms with van der Waals surface area (Å²) in [5.74, 6) is -1.12. The van der Waals surface area contributed by atoms with Crippen LogP contribution in [0.25, 0.3) is 10.9 Å². The summed E-state index contributed by atoms with van der Waals surface area (Å²) in [5, 5.41) is 3.44. The maximum absolute atomic E-state index is 11.9. The summed E-state index contributed by atoms with van der Waals surface area (Å²) in [5.41, 5.74) is 1.07. The van der Waals surface area contributed by atoms with Crippen LogP contribution in [0.15, 0.2) is 30.3 Å². The van der Waals surface area contributed by atoms with Gasteiger partial charge in [0.2, 0.25) is 0 Å². The van der Waals surface area contributed by atoms with E-state index in [9.17, 15) is 18.0 Å². The molecule has 1 atom stereocenters. The van der Waals surface area contributed by atoms with Gasteiger partial charge in [-0.15, -0.1) is 0 Å². The Hall–Kier alpha value is -2.35. The Morgan fingerprint density at radius 1 is 1.30 bits per heavy atom. The minimum atomic E-state index is -3.06. The van der Waals surface area contributed by atoms with E-state index in [-0.39, 0.29) is 17.2 Å². The van der Waals surface area contributed by atoms with Gasteiger partial charge in [0.25, 0.3) is 5.91 Å². The second-order valence-corrected chi connectivity index (χ2v) is 7.74. The van der Waals surface area contributed by atoms with Crippen LogP contribution in [-0.4, -0.2) is 49.4 Å². The van der Waals surface area contributed by atoms with Crippen molar-refractivity contribution >= 4 is 32.6 Å². The monoisotopic (exact) mass is 336 g/mol. The van der Waals surface area contributed by atoms with Crippen LogP contribution < -0.4 is 5.32 Å². The summed E-state index contributed by atoms with van der Waals surface area (Å²) in [6.45, 7) is -0.440.